The van der Waals surface area contributed by atoms with E-state index in [0.29, 0.717) is 24.5 Å². The van der Waals surface area contributed by atoms with Gasteiger partial charge < -0.3 is 19.0 Å². The van der Waals surface area contributed by atoms with Gasteiger partial charge in [-0.15, -0.1) is 0 Å². The van der Waals surface area contributed by atoms with Gasteiger partial charge in [-0.05, 0) is 76.2 Å². The zero-order valence-corrected chi connectivity index (χ0v) is 17.4. The fraction of sp³-hybridized carbons (Fsp3) is 0.391. The van der Waals surface area contributed by atoms with Crippen LogP contribution >= 0.6 is 0 Å². The van der Waals surface area contributed by atoms with Crippen LogP contribution in [0.15, 0.2) is 51.6 Å². The highest BCUT2D eigenvalue weighted by Crippen LogP contribution is 2.25. The van der Waals surface area contributed by atoms with Gasteiger partial charge in [0.25, 0.3) is 5.91 Å². The molecule has 0 bridgehead atoms. The Labute approximate surface area is 176 Å². The van der Waals surface area contributed by atoms with Crippen molar-refractivity contribution < 1.29 is 18.5 Å². The minimum atomic E-state index is -0.108. The van der Waals surface area contributed by atoms with Gasteiger partial charge in [0.1, 0.15) is 23.9 Å². The van der Waals surface area contributed by atoms with Crippen LogP contribution in [0.4, 0.5) is 0 Å². The van der Waals surface area contributed by atoms with E-state index in [1.807, 2.05) is 26.0 Å². The number of aromatic nitrogens is 1. The molecule has 0 radical (unpaired) electrons. The highest BCUT2D eigenvalue weighted by atomic mass is 16.5. The van der Waals surface area contributed by atoms with Crippen molar-refractivity contribution in [2.75, 3.05) is 19.6 Å². The van der Waals surface area contributed by atoms with Crippen LogP contribution in [0.1, 0.15) is 52.0 Å². The number of aryl methyl sites for hydroxylation is 2. The molecule has 0 saturated carbocycles. The molecule has 1 saturated heterocycles. The average molecular weight is 409 g/mol. The third-order valence-electron chi connectivity index (χ3n) is 5.59. The summed E-state index contributed by atoms with van der Waals surface area (Å²) in [5, 5.41) is 6.98. The third-order valence-corrected chi connectivity index (χ3v) is 5.59. The fourth-order valence-electron chi connectivity index (χ4n) is 3.80. The van der Waals surface area contributed by atoms with Crippen LogP contribution in [-0.4, -0.2) is 35.6 Å². The van der Waals surface area contributed by atoms with E-state index >= 15 is 0 Å². The highest BCUT2D eigenvalue weighted by molar-refractivity contribution is 5.94. The van der Waals surface area contributed by atoms with Crippen molar-refractivity contribution in [2.24, 2.45) is 0 Å². The van der Waals surface area contributed by atoms with E-state index in [0.717, 1.165) is 35.9 Å². The summed E-state index contributed by atoms with van der Waals surface area (Å²) in [6.07, 6.45) is 4.04. The lowest BCUT2D eigenvalue weighted by molar-refractivity contribution is 0.0933. The van der Waals surface area contributed by atoms with E-state index < -0.39 is 0 Å². The number of hydrogen-bond acceptors (Lipinski definition) is 6. The number of likely N-dealkylation sites (tertiary alicyclic amines) is 1. The molecule has 0 unspecified atom stereocenters. The van der Waals surface area contributed by atoms with Gasteiger partial charge >= 0.3 is 0 Å². The lowest BCUT2D eigenvalue weighted by Gasteiger charge is -2.26. The molecule has 4 rings (SSSR count). The fourth-order valence-corrected chi connectivity index (χ4v) is 3.80. The Kier molecular flexibility index (Phi) is 6.18. The van der Waals surface area contributed by atoms with Crippen molar-refractivity contribution in [1.29, 1.82) is 0 Å². The van der Waals surface area contributed by atoms with Gasteiger partial charge in [-0.3, -0.25) is 9.69 Å². The first-order valence-electron chi connectivity index (χ1n) is 10.3. The largest absolute Gasteiger partial charge is 0.489 e. The van der Waals surface area contributed by atoms with Crippen molar-refractivity contribution >= 4 is 5.91 Å². The van der Waals surface area contributed by atoms with Crippen molar-refractivity contribution in [3.63, 3.8) is 0 Å². The highest BCUT2D eigenvalue weighted by Gasteiger charge is 2.26. The maximum Gasteiger partial charge on any atom is 0.251 e. The molecule has 3 aromatic rings. The molecule has 0 spiro atoms. The molecule has 1 atom stereocenters. The number of hydrogen-bond donors (Lipinski definition) is 1. The molecular weight excluding hydrogens is 382 g/mol. The molecule has 0 aliphatic carbocycles. The Morgan fingerprint density at radius 2 is 1.97 bits per heavy atom. The Hall–Kier alpha value is -3.06. The molecule has 158 valence electrons. The van der Waals surface area contributed by atoms with Gasteiger partial charge in [0.15, 0.2) is 0 Å². The van der Waals surface area contributed by atoms with Gasteiger partial charge in [0.05, 0.1) is 23.6 Å². The lowest BCUT2D eigenvalue weighted by Crippen LogP contribution is -2.36. The van der Waals surface area contributed by atoms with Crippen LogP contribution in [0, 0.1) is 13.8 Å². The van der Waals surface area contributed by atoms with Crippen LogP contribution in [0.3, 0.4) is 0 Å². The van der Waals surface area contributed by atoms with E-state index in [1.165, 1.54) is 12.8 Å². The molecule has 1 fully saturated rings. The number of furan rings is 1. The molecule has 1 aliphatic rings. The van der Waals surface area contributed by atoms with Crippen LogP contribution in [0.2, 0.25) is 0 Å². The number of carbonyl (C=O) groups is 1. The summed E-state index contributed by atoms with van der Waals surface area (Å²) in [6, 6.07) is 11.1. The van der Waals surface area contributed by atoms with Crippen molar-refractivity contribution in [3.05, 3.63) is 71.0 Å². The molecule has 1 aromatic carbocycles. The van der Waals surface area contributed by atoms with E-state index in [4.69, 9.17) is 13.7 Å². The molecule has 2 aromatic heterocycles. The summed E-state index contributed by atoms with van der Waals surface area (Å²) in [5.41, 5.74) is 2.37. The van der Waals surface area contributed by atoms with E-state index in [9.17, 15) is 4.79 Å². The van der Waals surface area contributed by atoms with Gasteiger partial charge in [0, 0.05) is 12.1 Å². The monoisotopic (exact) mass is 409 g/mol. The number of nitrogens with one attached hydrogen (secondary N) is 1. The van der Waals surface area contributed by atoms with E-state index in [1.54, 1.807) is 30.5 Å². The average Bonchev–Trinajstić information content (AvgIpc) is 3.52. The molecule has 1 amide bonds. The lowest BCUT2D eigenvalue weighted by atomic mass is 10.1. The molecule has 7 nitrogen and oxygen atoms in total. The molecular formula is C23H27N3O4. The van der Waals surface area contributed by atoms with E-state index in [-0.39, 0.29) is 11.9 Å². The molecule has 1 N–H and O–H groups in total. The maximum absolute atomic E-state index is 12.7. The molecule has 30 heavy (non-hydrogen) atoms. The van der Waals surface area contributed by atoms with Crippen LogP contribution in [0.25, 0.3) is 0 Å². The Morgan fingerprint density at radius 1 is 1.20 bits per heavy atom. The summed E-state index contributed by atoms with van der Waals surface area (Å²) in [5.74, 6) is 2.23. The number of amides is 1. The number of nitrogens with zero attached hydrogens (tertiary/aromatic N) is 2. The third kappa shape index (κ3) is 4.57. The first-order chi connectivity index (χ1) is 14.6. The predicted molar refractivity (Wildman–Crippen MR) is 111 cm³/mol. The summed E-state index contributed by atoms with van der Waals surface area (Å²) < 4.78 is 16.6. The normalized spacial score (nSPS) is 15.3. The minimum absolute atomic E-state index is 0.0594. The zero-order valence-electron chi connectivity index (χ0n) is 17.4. The topological polar surface area (TPSA) is 80.7 Å². The standard InChI is InChI=1S/C23H27N3O4/c1-16-20(17(2)30-25-16)15-29-19-9-7-18(8-10-19)23(27)24-14-21(22-6-5-13-28-22)26-11-3-4-12-26/h5-10,13,21H,3-4,11-12,14-15H2,1-2H3,(H,24,27)/t21-/m1/s1. The quantitative estimate of drug-likeness (QED) is 0.605. The van der Waals surface area contributed by atoms with Crippen LogP contribution < -0.4 is 10.1 Å². The van der Waals surface area contributed by atoms with Crippen molar-refractivity contribution in [3.8, 4) is 5.75 Å². The summed E-state index contributed by atoms with van der Waals surface area (Å²) in [7, 11) is 0. The SMILES string of the molecule is Cc1noc(C)c1COc1ccc(C(=O)NC[C@H](c2ccco2)N2CCCC2)cc1. The second-order valence-electron chi connectivity index (χ2n) is 7.60. The minimum Gasteiger partial charge on any atom is -0.489 e. The Bertz CT molecular complexity index is 938. The second kappa shape index (κ2) is 9.17. The second-order valence-corrected chi connectivity index (χ2v) is 7.60. The van der Waals surface area contributed by atoms with Gasteiger partial charge in [-0.1, -0.05) is 5.16 Å². The van der Waals surface area contributed by atoms with E-state index in [2.05, 4.69) is 15.4 Å². The molecule has 7 heteroatoms. The van der Waals surface area contributed by atoms with Gasteiger partial charge in [0.2, 0.25) is 0 Å². The predicted octanol–water partition coefficient (Wildman–Crippen LogP) is 4.03. The summed E-state index contributed by atoms with van der Waals surface area (Å²) in [6.45, 7) is 6.70. The maximum atomic E-state index is 12.7. The number of ether oxygens (including phenoxy) is 1. The summed E-state index contributed by atoms with van der Waals surface area (Å²) >= 11 is 0. The van der Waals surface area contributed by atoms with Crippen molar-refractivity contribution in [1.82, 2.24) is 15.4 Å². The Balaban J connectivity index is 1.34. The van der Waals surface area contributed by atoms with Crippen molar-refractivity contribution in [2.45, 2.75) is 39.3 Å². The Morgan fingerprint density at radius 3 is 2.60 bits per heavy atom. The first kappa shape index (κ1) is 20.2. The number of carbonyl (C=O) groups excluding carboxylic acids is 1. The molecule has 1 aliphatic heterocycles. The van der Waals surface area contributed by atoms with Gasteiger partial charge in [-0.2, -0.15) is 0 Å². The smallest absolute Gasteiger partial charge is 0.251 e. The number of benzene rings is 1. The van der Waals surface area contributed by atoms with Crippen LogP contribution in [0.5, 0.6) is 5.75 Å². The number of rotatable bonds is 8. The summed E-state index contributed by atoms with van der Waals surface area (Å²) in [4.78, 5) is 15.0. The molecule has 3 heterocycles. The van der Waals surface area contributed by atoms with Gasteiger partial charge in [-0.25, -0.2) is 0 Å². The zero-order chi connectivity index (χ0) is 20.9. The van der Waals surface area contributed by atoms with Crippen LogP contribution in [-0.2, 0) is 6.61 Å². The first-order valence-corrected chi connectivity index (χ1v) is 10.3.